The number of carbonyl (C=O) groups is 4. The smallest absolute Gasteiger partial charge is 0.333 e. The van der Waals surface area contributed by atoms with Gasteiger partial charge in [0.05, 0.1) is 12.8 Å². The van der Waals surface area contributed by atoms with Crippen molar-refractivity contribution in [3.8, 4) is 0 Å². The Bertz CT molecular complexity index is 560. The molecule has 1 atom stereocenters. The van der Waals surface area contributed by atoms with E-state index in [0.29, 0.717) is 5.75 Å². The van der Waals surface area contributed by atoms with Gasteiger partial charge in [-0.2, -0.15) is 17.2 Å². The Morgan fingerprint density at radius 2 is 2.17 bits per heavy atom. The van der Waals surface area contributed by atoms with Crippen molar-refractivity contribution in [3.63, 3.8) is 0 Å². The van der Waals surface area contributed by atoms with Gasteiger partial charge >= 0.3 is 11.9 Å². The number of aromatic nitrogens is 2. The number of hydroxylamine groups is 1. The fourth-order valence-corrected chi connectivity index (χ4v) is 2.62. The van der Waals surface area contributed by atoms with Crippen LogP contribution in [0.5, 0.6) is 0 Å². The molecular weight excluding hydrogens is 326 g/mol. The van der Waals surface area contributed by atoms with Crippen LogP contribution < -0.4 is 5.48 Å². The van der Waals surface area contributed by atoms with E-state index < -0.39 is 23.8 Å². The highest BCUT2D eigenvalue weighted by atomic mass is 32.2. The van der Waals surface area contributed by atoms with E-state index in [1.807, 2.05) is 5.48 Å². The van der Waals surface area contributed by atoms with Crippen LogP contribution in [0.15, 0.2) is 12.4 Å². The molecule has 126 valence electrons. The van der Waals surface area contributed by atoms with Gasteiger partial charge in [-0.1, -0.05) is 0 Å². The molecule has 0 saturated carbocycles. The number of H-pyrrole nitrogens is 1. The van der Waals surface area contributed by atoms with Crippen LogP contribution in [-0.2, 0) is 19.2 Å². The highest BCUT2D eigenvalue weighted by molar-refractivity contribution is 7.99. The number of carboxylic acids is 1. The summed E-state index contributed by atoms with van der Waals surface area (Å²) in [5, 5.41) is 8.89. The third-order valence-corrected chi connectivity index (χ3v) is 3.73. The minimum Gasteiger partial charge on any atom is -0.481 e. The summed E-state index contributed by atoms with van der Waals surface area (Å²) >= 11 is 1.25. The van der Waals surface area contributed by atoms with E-state index in [4.69, 9.17) is 5.11 Å². The number of aromatic amines is 1. The summed E-state index contributed by atoms with van der Waals surface area (Å²) in [5.41, 5.74) is 1.92. The molecule has 10 heteroatoms. The zero-order valence-corrected chi connectivity index (χ0v) is 13.2. The number of carboxylic acid groups (broad SMARTS) is 1. The van der Waals surface area contributed by atoms with E-state index in [9.17, 15) is 19.2 Å². The average Bonchev–Trinajstić information content (AvgIpc) is 3.01. The Balaban J connectivity index is 2.40. The molecule has 0 fully saturated rings. The molecular formula is C13H17N3O6S. The molecule has 1 aromatic rings. The molecule has 1 rings (SSSR count). The van der Waals surface area contributed by atoms with Crippen molar-refractivity contribution in [2.45, 2.75) is 19.8 Å². The Labute approximate surface area is 136 Å². The number of amides is 1. The first-order valence-electron chi connectivity index (χ1n) is 6.69. The Morgan fingerprint density at radius 1 is 1.43 bits per heavy atom. The topological polar surface area (TPSA) is 138 Å². The third kappa shape index (κ3) is 7.45. The van der Waals surface area contributed by atoms with Crippen molar-refractivity contribution in [2.24, 2.45) is 5.92 Å². The highest BCUT2D eigenvalue weighted by Gasteiger charge is 2.24. The van der Waals surface area contributed by atoms with E-state index in [-0.39, 0.29) is 30.2 Å². The van der Waals surface area contributed by atoms with Crippen molar-refractivity contribution in [1.82, 2.24) is 15.4 Å². The molecule has 0 spiro atoms. The van der Waals surface area contributed by atoms with Crippen LogP contribution in [0.2, 0.25) is 0 Å². The predicted octanol–water partition coefficient (Wildman–Crippen LogP) is 0.401. The Morgan fingerprint density at radius 3 is 2.74 bits per heavy atom. The maximum absolute atomic E-state index is 12.1. The minimum absolute atomic E-state index is 0.0275. The number of Topliss-reactive ketones (excluding diaryl/α,β-unsaturated/α-hetero) is 1. The summed E-state index contributed by atoms with van der Waals surface area (Å²) in [6, 6.07) is 0. The van der Waals surface area contributed by atoms with Crippen molar-refractivity contribution in [3.05, 3.63) is 18.2 Å². The average molecular weight is 343 g/mol. The summed E-state index contributed by atoms with van der Waals surface area (Å²) in [5.74, 6) is -2.63. The lowest BCUT2D eigenvalue weighted by molar-refractivity contribution is -0.157. The first-order chi connectivity index (χ1) is 10.9. The number of nitrogens with one attached hydrogen (secondary N) is 2. The van der Waals surface area contributed by atoms with Gasteiger partial charge in [-0.05, 0) is 0 Å². The molecule has 0 unspecified atom stereocenters. The molecule has 1 aromatic heterocycles. The van der Waals surface area contributed by atoms with Crippen molar-refractivity contribution in [2.75, 3.05) is 11.5 Å². The SMILES string of the molecule is CC(=O)NOC(=O)CCSC[C@H](CC(=O)O)C(=O)c1ncc[nH]1. The van der Waals surface area contributed by atoms with Crippen LogP contribution in [-0.4, -0.2) is 50.2 Å². The fraction of sp³-hybridized carbons (Fsp3) is 0.462. The fourth-order valence-electron chi connectivity index (χ4n) is 1.59. The normalized spacial score (nSPS) is 11.5. The Kier molecular flexibility index (Phi) is 7.81. The quantitative estimate of drug-likeness (QED) is 0.333. The first kappa shape index (κ1) is 18.7. The van der Waals surface area contributed by atoms with Gasteiger partial charge in [0.15, 0.2) is 5.82 Å². The van der Waals surface area contributed by atoms with Crippen molar-refractivity contribution in [1.29, 1.82) is 0 Å². The molecule has 9 nitrogen and oxygen atoms in total. The molecule has 0 aliphatic rings. The Hall–Kier alpha value is -2.36. The van der Waals surface area contributed by atoms with E-state index in [1.165, 1.54) is 31.1 Å². The molecule has 0 aromatic carbocycles. The summed E-state index contributed by atoms with van der Waals surface area (Å²) in [4.78, 5) is 55.8. The number of imidazole rings is 1. The number of ketones is 1. The number of rotatable bonds is 9. The standard InChI is InChI=1S/C13H17N3O6S/c1-8(17)16-22-11(20)2-5-23-7-9(6-10(18)19)12(21)13-14-3-4-15-13/h3-4,9H,2,5-7H2,1H3,(H,14,15)(H,16,17)(H,18,19)/t9-/m0/s1. The number of aliphatic carboxylic acids is 1. The summed E-state index contributed by atoms with van der Waals surface area (Å²) in [7, 11) is 0. The highest BCUT2D eigenvalue weighted by Crippen LogP contribution is 2.17. The van der Waals surface area contributed by atoms with Gasteiger partial charge in [0.2, 0.25) is 11.7 Å². The third-order valence-electron chi connectivity index (χ3n) is 2.60. The second kappa shape index (κ2) is 9.62. The molecule has 0 radical (unpaired) electrons. The predicted molar refractivity (Wildman–Crippen MR) is 80.5 cm³/mol. The monoisotopic (exact) mass is 343 g/mol. The molecule has 23 heavy (non-hydrogen) atoms. The number of thioether (sulfide) groups is 1. The molecule has 1 amide bonds. The zero-order chi connectivity index (χ0) is 17.2. The van der Waals surface area contributed by atoms with Gasteiger partial charge in [-0.25, -0.2) is 9.78 Å². The lowest BCUT2D eigenvalue weighted by Crippen LogP contribution is -2.25. The van der Waals surface area contributed by atoms with E-state index in [2.05, 4.69) is 14.8 Å². The van der Waals surface area contributed by atoms with Crippen LogP contribution >= 0.6 is 11.8 Å². The van der Waals surface area contributed by atoms with Crippen LogP contribution in [0.3, 0.4) is 0 Å². The lowest BCUT2D eigenvalue weighted by Gasteiger charge is -2.11. The van der Waals surface area contributed by atoms with Gasteiger partial charge < -0.3 is 14.9 Å². The molecule has 3 N–H and O–H groups in total. The minimum atomic E-state index is -1.08. The summed E-state index contributed by atoms with van der Waals surface area (Å²) < 4.78 is 0. The van der Waals surface area contributed by atoms with Gasteiger partial charge in [-0.15, -0.1) is 0 Å². The molecule has 0 bridgehead atoms. The maximum atomic E-state index is 12.1. The van der Waals surface area contributed by atoms with Crippen molar-refractivity contribution >= 4 is 35.4 Å². The van der Waals surface area contributed by atoms with Crippen LogP contribution in [0.1, 0.15) is 30.4 Å². The second-order valence-electron chi connectivity index (χ2n) is 4.55. The summed E-state index contributed by atoms with van der Waals surface area (Å²) in [6.07, 6.45) is 2.61. The number of hydrogen-bond acceptors (Lipinski definition) is 7. The number of nitrogens with zero attached hydrogens (tertiary/aromatic N) is 1. The van der Waals surface area contributed by atoms with Gasteiger partial charge in [0.1, 0.15) is 0 Å². The molecule has 0 aliphatic carbocycles. The van der Waals surface area contributed by atoms with Crippen molar-refractivity contribution < 1.29 is 29.1 Å². The van der Waals surface area contributed by atoms with E-state index >= 15 is 0 Å². The van der Waals surface area contributed by atoms with Gasteiger partial charge in [0, 0.05) is 36.7 Å². The molecule has 1 heterocycles. The van der Waals surface area contributed by atoms with E-state index in [1.54, 1.807) is 0 Å². The maximum Gasteiger partial charge on any atom is 0.333 e. The second-order valence-corrected chi connectivity index (χ2v) is 5.70. The number of carbonyl (C=O) groups excluding carboxylic acids is 3. The first-order valence-corrected chi connectivity index (χ1v) is 7.85. The molecule has 0 saturated heterocycles. The zero-order valence-electron chi connectivity index (χ0n) is 12.4. The van der Waals surface area contributed by atoms with Crippen LogP contribution in [0, 0.1) is 5.92 Å². The van der Waals surface area contributed by atoms with Crippen LogP contribution in [0.25, 0.3) is 0 Å². The summed E-state index contributed by atoms with van der Waals surface area (Å²) in [6.45, 7) is 1.21. The van der Waals surface area contributed by atoms with E-state index in [0.717, 1.165) is 0 Å². The lowest BCUT2D eigenvalue weighted by atomic mass is 10.0. The molecule has 0 aliphatic heterocycles. The van der Waals surface area contributed by atoms with Gasteiger partial charge in [0.25, 0.3) is 0 Å². The number of hydrogen-bond donors (Lipinski definition) is 3. The van der Waals surface area contributed by atoms with Gasteiger partial charge in [-0.3, -0.25) is 14.4 Å². The largest absolute Gasteiger partial charge is 0.481 e. The van der Waals surface area contributed by atoms with Crippen LogP contribution in [0.4, 0.5) is 0 Å².